The first-order valence-corrected chi connectivity index (χ1v) is 15.7. The Kier molecular flexibility index (Phi) is 14.0. The fourth-order valence-electron chi connectivity index (χ4n) is 4.17. The zero-order valence-corrected chi connectivity index (χ0v) is 29.4. The van der Waals surface area contributed by atoms with Crippen LogP contribution in [0.5, 0.6) is 0 Å². The molecule has 4 rings (SSSR count). The van der Waals surface area contributed by atoms with Crippen LogP contribution in [0.3, 0.4) is 0 Å². The van der Waals surface area contributed by atoms with Crippen molar-refractivity contribution in [3.63, 3.8) is 0 Å². The van der Waals surface area contributed by atoms with Crippen LogP contribution in [-0.4, -0.2) is 0 Å². The molecule has 236 valence electrons. The number of halogens is 3. The van der Waals surface area contributed by atoms with Crippen LogP contribution < -0.4 is 0 Å². The third-order valence-electron chi connectivity index (χ3n) is 6.66. The molecule has 0 nitrogen and oxygen atoms in total. The number of rotatable bonds is 0. The van der Waals surface area contributed by atoms with Crippen LogP contribution in [0.15, 0.2) is 84.2 Å². The van der Waals surface area contributed by atoms with E-state index in [0.29, 0.717) is 11.0 Å². The summed E-state index contributed by atoms with van der Waals surface area (Å²) >= 11 is 1.83. The van der Waals surface area contributed by atoms with E-state index >= 15 is 0 Å². The summed E-state index contributed by atoms with van der Waals surface area (Å²) in [6.07, 6.45) is 0. The van der Waals surface area contributed by atoms with Crippen LogP contribution in [0.4, 0.5) is 13.2 Å². The van der Waals surface area contributed by atoms with Crippen LogP contribution in [0.25, 0.3) is 0 Å². The van der Waals surface area contributed by atoms with E-state index in [0.717, 1.165) is 6.07 Å². The van der Waals surface area contributed by atoms with E-state index in [2.05, 4.69) is 111 Å². The van der Waals surface area contributed by atoms with Gasteiger partial charge in [0.2, 0.25) is 0 Å². The molecule has 0 aliphatic heterocycles. The van der Waals surface area contributed by atoms with E-state index in [4.69, 9.17) is 0 Å². The SMILES string of the molecule is CC(C)(C)c1ccc(F)cc1.CC(C)(C)c1ccc(F)cc1F.CC(C)(C)c1cccs1.Cc1ccccc1C(C)(C)C. The first kappa shape index (κ1) is 38.2. The highest BCUT2D eigenvalue weighted by Gasteiger charge is 2.18. The van der Waals surface area contributed by atoms with Gasteiger partial charge in [-0.3, -0.25) is 0 Å². The molecule has 0 fully saturated rings. The third kappa shape index (κ3) is 14.0. The zero-order chi connectivity index (χ0) is 33.2. The topological polar surface area (TPSA) is 0 Å². The fourth-order valence-corrected chi connectivity index (χ4v) is 4.98. The van der Waals surface area contributed by atoms with E-state index in [-0.39, 0.29) is 22.1 Å². The average Bonchev–Trinajstić information content (AvgIpc) is 3.40. The van der Waals surface area contributed by atoms with Crippen molar-refractivity contribution in [3.8, 4) is 0 Å². The summed E-state index contributed by atoms with van der Waals surface area (Å²) < 4.78 is 38.1. The van der Waals surface area contributed by atoms with Gasteiger partial charge in [-0.05, 0) is 80.5 Å². The summed E-state index contributed by atoms with van der Waals surface area (Å²) in [5.41, 5.74) is 5.02. The van der Waals surface area contributed by atoms with Gasteiger partial charge in [0.15, 0.2) is 0 Å². The predicted octanol–water partition coefficient (Wildman–Crippen LogP) is 12.7. The molecule has 0 spiro atoms. The molecule has 43 heavy (non-hydrogen) atoms. The Labute approximate surface area is 264 Å². The van der Waals surface area contributed by atoms with Crippen molar-refractivity contribution < 1.29 is 13.2 Å². The van der Waals surface area contributed by atoms with Crippen molar-refractivity contribution in [2.75, 3.05) is 0 Å². The molecule has 0 saturated carbocycles. The molecular formula is C39H53F3S. The quantitative estimate of drug-likeness (QED) is 0.186. The van der Waals surface area contributed by atoms with Gasteiger partial charge in [0.05, 0.1) is 0 Å². The maximum Gasteiger partial charge on any atom is 0.129 e. The van der Waals surface area contributed by atoms with Crippen LogP contribution >= 0.6 is 11.3 Å². The maximum atomic E-state index is 13.1. The molecular weight excluding hydrogens is 557 g/mol. The highest BCUT2D eigenvalue weighted by atomic mass is 32.1. The summed E-state index contributed by atoms with van der Waals surface area (Å²) in [5.74, 6) is -1.17. The van der Waals surface area contributed by atoms with E-state index < -0.39 is 11.6 Å². The van der Waals surface area contributed by atoms with Crippen LogP contribution in [0.2, 0.25) is 0 Å². The van der Waals surface area contributed by atoms with Gasteiger partial charge in [-0.15, -0.1) is 11.3 Å². The zero-order valence-electron chi connectivity index (χ0n) is 28.6. The number of thiophene rings is 1. The Morgan fingerprint density at radius 2 is 1.00 bits per heavy atom. The summed E-state index contributed by atoms with van der Waals surface area (Å²) in [7, 11) is 0. The molecule has 3 aromatic carbocycles. The second-order valence-corrected chi connectivity index (χ2v) is 15.9. The van der Waals surface area contributed by atoms with Gasteiger partial charge in [-0.1, -0.05) is 132 Å². The van der Waals surface area contributed by atoms with Crippen LogP contribution in [0, 0.1) is 24.4 Å². The molecule has 0 aliphatic rings. The van der Waals surface area contributed by atoms with E-state index in [1.807, 2.05) is 44.2 Å². The lowest BCUT2D eigenvalue weighted by atomic mass is 9.84. The minimum atomic E-state index is -0.527. The minimum absolute atomic E-state index is 0.119. The Morgan fingerprint density at radius 1 is 0.488 bits per heavy atom. The lowest BCUT2D eigenvalue weighted by molar-refractivity contribution is 0.511. The molecule has 0 unspecified atom stereocenters. The Morgan fingerprint density at radius 3 is 1.35 bits per heavy atom. The second kappa shape index (κ2) is 15.7. The Balaban J connectivity index is 0.000000288. The highest BCUT2D eigenvalue weighted by molar-refractivity contribution is 7.10. The van der Waals surface area contributed by atoms with E-state index in [1.165, 1.54) is 45.8 Å². The van der Waals surface area contributed by atoms with Crippen molar-refractivity contribution in [2.24, 2.45) is 0 Å². The predicted molar refractivity (Wildman–Crippen MR) is 183 cm³/mol. The Hall–Kier alpha value is -2.85. The largest absolute Gasteiger partial charge is 0.207 e. The summed E-state index contributed by atoms with van der Waals surface area (Å²) in [5, 5.41) is 2.13. The molecule has 0 radical (unpaired) electrons. The van der Waals surface area contributed by atoms with Crippen LogP contribution in [-0.2, 0) is 21.7 Å². The number of hydrogen-bond acceptors (Lipinski definition) is 1. The molecule has 0 aliphatic carbocycles. The molecule has 0 atom stereocenters. The molecule has 0 amide bonds. The first-order valence-electron chi connectivity index (χ1n) is 14.8. The molecule has 4 aromatic rings. The van der Waals surface area contributed by atoms with Gasteiger partial charge in [0.25, 0.3) is 0 Å². The molecule has 0 N–H and O–H groups in total. The standard InChI is InChI=1S/C11H16.C10H12F2.C10H13F.C8H12S/c1-9-7-5-6-8-10(9)11(2,3)4;1-10(2,3)8-5-4-7(11)6-9(8)12;1-10(2,3)8-4-6-9(11)7-5-8;1-8(2,3)7-5-4-6-9-7/h5-8H,1-4H3;4-6H,1-3H3;4-7H,1-3H3;4-6H,1-3H3. The summed E-state index contributed by atoms with van der Waals surface area (Å²) in [4.78, 5) is 1.46. The average molecular weight is 611 g/mol. The highest BCUT2D eigenvalue weighted by Crippen LogP contribution is 2.27. The lowest BCUT2D eigenvalue weighted by Gasteiger charge is -2.21. The van der Waals surface area contributed by atoms with Crippen LogP contribution in [0.1, 0.15) is 110 Å². The second-order valence-electron chi connectivity index (χ2n) is 14.9. The first-order chi connectivity index (χ1) is 19.5. The molecule has 0 saturated heterocycles. The van der Waals surface area contributed by atoms with E-state index in [1.54, 1.807) is 0 Å². The summed E-state index contributed by atoms with van der Waals surface area (Å²) in [6, 6.07) is 23.2. The maximum absolute atomic E-state index is 13.1. The van der Waals surface area contributed by atoms with Crippen molar-refractivity contribution in [1.29, 1.82) is 0 Å². The van der Waals surface area contributed by atoms with Gasteiger partial charge < -0.3 is 0 Å². The molecule has 1 heterocycles. The van der Waals surface area contributed by atoms with Gasteiger partial charge in [-0.25, -0.2) is 13.2 Å². The number of hydrogen-bond donors (Lipinski definition) is 0. The minimum Gasteiger partial charge on any atom is -0.207 e. The van der Waals surface area contributed by atoms with Gasteiger partial charge >= 0.3 is 0 Å². The smallest absolute Gasteiger partial charge is 0.129 e. The van der Waals surface area contributed by atoms with Gasteiger partial charge in [0, 0.05) is 10.9 Å². The lowest BCUT2D eigenvalue weighted by Crippen LogP contribution is -2.13. The molecule has 1 aromatic heterocycles. The molecule has 0 bridgehead atoms. The van der Waals surface area contributed by atoms with E-state index in [9.17, 15) is 13.2 Å². The van der Waals surface area contributed by atoms with Crippen molar-refractivity contribution in [2.45, 2.75) is 112 Å². The van der Waals surface area contributed by atoms with Gasteiger partial charge in [-0.2, -0.15) is 0 Å². The monoisotopic (exact) mass is 610 g/mol. The van der Waals surface area contributed by atoms with Crippen molar-refractivity contribution >= 4 is 11.3 Å². The molecule has 4 heteroatoms. The summed E-state index contributed by atoms with van der Waals surface area (Å²) in [6.45, 7) is 27.6. The Bertz CT molecular complexity index is 1360. The van der Waals surface area contributed by atoms with Crippen molar-refractivity contribution in [1.82, 2.24) is 0 Å². The fraction of sp³-hybridized carbons (Fsp3) is 0.436. The number of aryl methyl sites for hydroxylation is 1. The van der Waals surface area contributed by atoms with Gasteiger partial charge in [0.1, 0.15) is 17.5 Å². The van der Waals surface area contributed by atoms with Crippen molar-refractivity contribution in [3.05, 3.63) is 129 Å². The number of benzene rings is 3. The third-order valence-corrected chi connectivity index (χ3v) is 7.96. The normalized spacial score (nSPS) is 11.7.